The van der Waals surface area contributed by atoms with Gasteiger partial charge >= 0.3 is 0 Å². The average molecular weight is 195 g/mol. The summed E-state index contributed by atoms with van der Waals surface area (Å²) in [5.41, 5.74) is 4.61. The zero-order valence-corrected chi connectivity index (χ0v) is 4.66. The zero-order valence-electron chi connectivity index (χ0n) is 2.24. The average Bonchev–Trinajstić information content (AvgIpc) is 0.918. The maximum Gasteiger partial charge on any atom is 0 e. The normalized spacial score (nSPS) is 3.00. The van der Waals surface area contributed by atoms with Crippen LogP contribution < -0.4 is 5.73 Å². The summed E-state index contributed by atoms with van der Waals surface area (Å²) in [5, 5.41) is 0. The van der Waals surface area contributed by atoms with Gasteiger partial charge in [-0.25, -0.2) is 0 Å². The van der Waals surface area contributed by atoms with E-state index in [1.54, 1.807) is 0 Å². The first-order chi connectivity index (χ1) is 1.41. The van der Waals surface area contributed by atoms with E-state index in [0.717, 1.165) is 0 Å². The van der Waals surface area contributed by atoms with Crippen molar-refractivity contribution in [3.63, 3.8) is 0 Å². The fourth-order valence-electron chi connectivity index (χ4n) is 0. The molecule has 0 rings (SSSR count). The van der Waals surface area contributed by atoms with Gasteiger partial charge in [0.15, 0.2) is 0 Å². The molecule has 1 radical (unpaired) electrons. The third-order valence-electron chi connectivity index (χ3n) is 0. The molecule has 1 nitrogen and oxygen atoms in total. The van der Waals surface area contributed by atoms with E-state index in [1.807, 2.05) is 0 Å². The molecule has 0 aromatic rings. The van der Waals surface area contributed by atoms with Crippen molar-refractivity contribution in [3.8, 4) is 0 Å². The van der Waals surface area contributed by atoms with Crippen LogP contribution >= 0.6 is 0 Å². The number of nitrogens with two attached hydrogens (primary N) is 1. The van der Waals surface area contributed by atoms with Gasteiger partial charge in [-0.15, -0.1) is 0 Å². The van der Waals surface area contributed by atoms with E-state index in [0.29, 0.717) is 0 Å². The molecule has 4 heavy (non-hydrogen) atoms. The van der Waals surface area contributed by atoms with Gasteiger partial charge in [0.25, 0.3) is 0 Å². The van der Waals surface area contributed by atoms with Crippen molar-refractivity contribution in [2.24, 2.45) is 5.73 Å². The predicted molar refractivity (Wildman–Crippen MR) is 14.4 cm³/mol. The Morgan fingerprint density at radius 3 is 1.75 bits per heavy atom. The Kier molecular flexibility index (Phi) is 19.9. The number of rotatable bonds is 0. The molecule has 0 amide bonds. The predicted octanol–water partition coefficient (Wildman–Crippen LogP) is 0.0886. The van der Waals surface area contributed by atoms with Gasteiger partial charge in [0, 0.05) is 49.4 Å². The Bertz CT molecular complexity index is 13.5. The van der Waals surface area contributed by atoms with E-state index in [-0.39, 0.29) is 49.4 Å². The van der Waals surface area contributed by atoms with Crippen molar-refractivity contribution in [1.29, 1.82) is 0 Å². The van der Waals surface area contributed by atoms with Gasteiger partial charge in [0.2, 0.25) is 0 Å². The van der Waals surface area contributed by atoms with Crippen LogP contribution in [0.25, 0.3) is 0 Å². The Morgan fingerprint density at radius 1 is 1.75 bits per heavy atom. The smallest absolute Gasteiger partial charge is 0 e. The maximum atomic E-state index is 4.61. The molecule has 0 spiro atoms. The van der Waals surface area contributed by atoms with Crippen molar-refractivity contribution >= 4 is 0 Å². The van der Waals surface area contributed by atoms with Crippen molar-refractivity contribution in [3.05, 3.63) is 12.8 Å². The van der Waals surface area contributed by atoms with Crippen LogP contribution in [0.1, 0.15) is 0 Å². The Balaban J connectivity index is 0. The SMILES string of the molecule is C=CN.[Eu]. The molecule has 0 aromatic heterocycles. The van der Waals surface area contributed by atoms with Gasteiger partial charge in [-0.1, -0.05) is 6.58 Å². The molecule has 0 heterocycles. The van der Waals surface area contributed by atoms with Crippen LogP contribution in [0.15, 0.2) is 12.8 Å². The summed E-state index contributed by atoms with van der Waals surface area (Å²) >= 11 is 0. The number of hydrogen-bond donors (Lipinski definition) is 1. The van der Waals surface area contributed by atoms with Gasteiger partial charge in [-0.05, 0) is 6.20 Å². The van der Waals surface area contributed by atoms with E-state index >= 15 is 0 Å². The second-order valence-corrected chi connectivity index (χ2v) is 0.236. The summed E-state index contributed by atoms with van der Waals surface area (Å²) in [7, 11) is 0. The van der Waals surface area contributed by atoms with Gasteiger partial charge in [0.05, 0.1) is 0 Å². The molecule has 0 atom stereocenters. The molecule has 0 bridgehead atoms. The van der Waals surface area contributed by atoms with Crippen LogP contribution in [0.4, 0.5) is 0 Å². The molecule has 0 saturated heterocycles. The second-order valence-electron chi connectivity index (χ2n) is 0.236. The minimum absolute atomic E-state index is 0. The second kappa shape index (κ2) is 8.92. The van der Waals surface area contributed by atoms with Crippen LogP contribution in [0.5, 0.6) is 0 Å². The Morgan fingerprint density at radius 2 is 1.75 bits per heavy atom. The molecule has 0 aliphatic carbocycles. The van der Waals surface area contributed by atoms with E-state index in [1.165, 1.54) is 6.20 Å². The molecule has 0 aliphatic rings. The molecular weight excluding hydrogens is 190 g/mol. The minimum atomic E-state index is 0. The topological polar surface area (TPSA) is 26.0 Å². The summed E-state index contributed by atoms with van der Waals surface area (Å²) in [4.78, 5) is 0. The van der Waals surface area contributed by atoms with Crippen molar-refractivity contribution in [2.45, 2.75) is 0 Å². The third kappa shape index (κ3) is 11.2. The van der Waals surface area contributed by atoms with Crippen LogP contribution in [0.3, 0.4) is 0 Å². The molecule has 25 valence electrons. The molecule has 0 aromatic carbocycles. The van der Waals surface area contributed by atoms with Gasteiger partial charge < -0.3 is 5.73 Å². The van der Waals surface area contributed by atoms with Gasteiger partial charge in [-0.2, -0.15) is 0 Å². The molecule has 0 unspecified atom stereocenters. The summed E-state index contributed by atoms with van der Waals surface area (Å²) in [6.07, 6.45) is 1.25. The summed E-state index contributed by atoms with van der Waals surface area (Å²) in [6, 6.07) is 0. The van der Waals surface area contributed by atoms with Crippen molar-refractivity contribution in [1.82, 2.24) is 0 Å². The van der Waals surface area contributed by atoms with Crippen molar-refractivity contribution < 1.29 is 49.4 Å². The first-order valence-electron chi connectivity index (χ1n) is 0.742. The van der Waals surface area contributed by atoms with E-state index < -0.39 is 0 Å². The molecule has 2 heteroatoms. The first kappa shape index (κ1) is 8.93. The first-order valence-corrected chi connectivity index (χ1v) is 0.742. The van der Waals surface area contributed by atoms with Crippen molar-refractivity contribution in [2.75, 3.05) is 0 Å². The standard InChI is InChI=1S/C2H5N.Eu/c1-2-3;/h2H,1,3H2;. The molecule has 0 fully saturated rings. The molecule has 0 saturated carbocycles. The van der Waals surface area contributed by atoms with Crippen LogP contribution in [-0.2, 0) is 0 Å². The Hall–Kier alpha value is 1.12. The minimum Gasteiger partial charge on any atom is -0.405 e. The summed E-state index contributed by atoms with van der Waals surface area (Å²) in [6.45, 7) is 3.14. The quantitative estimate of drug-likeness (QED) is 0.582. The van der Waals surface area contributed by atoms with E-state index in [4.69, 9.17) is 0 Å². The zero-order chi connectivity index (χ0) is 2.71. The fourth-order valence-corrected chi connectivity index (χ4v) is 0. The van der Waals surface area contributed by atoms with Crippen LogP contribution in [-0.4, -0.2) is 0 Å². The summed E-state index contributed by atoms with van der Waals surface area (Å²) in [5.74, 6) is 0. The molecule has 2 N–H and O–H groups in total. The van der Waals surface area contributed by atoms with Crippen LogP contribution in [0.2, 0.25) is 0 Å². The van der Waals surface area contributed by atoms with E-state index in [2.05, 4.69) is 12.3 Å². The third-order valence-corrected chi connectivity index (χ3v) is 0. The fraction of sp³-hybridized carbons (Fsp3) is 0. The monoisotopic (exact) mass is 196 g/mol. The maximum absolute atomic E-state index is 4.61. The largest absolute Gasteiger partial charge is 0.405 e. The van der Waals surface area contributed by atoms with Crippen LogP contribution in [0, 0.1) is 49.4 Å². The molecular formula is C2H5EuN. The van der Waals surface area contributed by atoms with Gasteiger partial charge in [0.1, 0.15) is 0 Å². The number of hydrogen-bond acceptors (Lipinski definition) is 1. The summed E-state index contributed by atoms with van der Waals surface area (Å²) < 4.78 is 0. The Labute approximate surface area is 66.8 Å². The van der Waals surface area contributed by atoms with Gasteiger partial charge in [-0.3, -0.25) is 0 Å². The van der Waals surface area contributed by atoms with E-state index in [9.17, 15) is 0 Å². The molecule has 0 aliphatic heterocycles.